The number of methoxy groups -OCH3 is 1. The third kappa shape index (κ3) is 3.19. The van der Waals surface area contributed by atoms with E-state index in [1.807, 2.05) is 12.1 Å². The Bertz CT molecular complexity index is 467. The molecule has 6 heteroatoms. The summed E-state index contributed by atoms with van der Waals surface area (Å²) in [6.07, 6.45) is 0.533. The molecule has 1 saturated heterocycles. The number of benzene rings is 1. The van der Waals surface area contributed by atoms with Crippen LogP contribution in [0.15, 0.2) is 22.7 Å². The molecular formula is C13H18BrN3O2. The van der Waals surface area contributed by atoms with Gasteiger partial charge in [-0.15, -0.1) is 0 Å². The number of nitrogens with one attached hydrogen (secondary N) is 1. The summed E-state index contributed by atoms with van der Waals surface area (Å²) in [4.78, 5) is 13.5. The minimum absolute atomic E-state index is 0.122. The lowest BCUT2D eigenvalue weighted by Crippen LogP contribution is -2.37. The normalized spacial score (nSPS) is 18.5. The van der Waals surface area contributed by atoms with Crippen molar-refractivity contribution in [3.8, 4) is 0 Å². The Labute approximate surface area is 121 Å². The summed E-state index contributed by atoms with van der Waals surface area (Å²) in [6.45, 7) is 2.17. The van der Waals surface area contributed by atoms with Crippen LogP contribution in [0, 0.1) is 0 Å². The molecule has 5 nitrogen and oxygen atoms in total. The van der Waals surface area contributed by atoms with Crippen molar-refractivity contribution in [3.05, 3.63) is 28.2 Å². The van der Waals surface area contributed by atoms with E-state index in [2.05, 4.69) is 36.9 Å². The van der Waals surface area contributed by atoms with Crippen LogP contribution in [-0.2, 0) is 11.3 Å². The van der Waals surface area contributed by atoms with Crippen molar-refractivity contribution < 1.29 is 9.53 Å². The summed E-state index contributed by atoms with van der Waals surface area (Å²) in [5, 5.41) is 2.83. The molecule has 1 atom stereocenters. The van der Waals surface area contributed by atoms with Crippen molar-refractivity contribution in [1.82, 2.24) is 5.32 Å². The van der Waals surface area contributed by atoms with Crippen LogP contribution in [0.25, 0.3) is 0 Å². The fourth-order valence-electron chi connectivity index (χ4n) is 2.37. The first-order valence-electron chi connectivity index (χ1n) is 6.22. The highest BCUT2D eigenvalue weighted by Crippen LogP contribution is 2.29. The van der Waals surface area contributed by atoms with Gasteiger partial charge in [0.1, 0.15) is 0 Å². The van der Waals surface area contributed by atoms with Crippen LogP contribution >= 0.6 is 15.9 Å². The SMILES string of the molecule is COC(=O)NC1CCN(c2cccc(Br)c2CN)C1. The van der Waals surface area contributed by atoms with Crippen LogP contribution in [-0.4, -0.2) is 32.3 Å². The highest BCUT2D eigenvalue weighted by molar-refractivity contribution is 9.10. The number of nitrogens with zero attached hydrogens (tertiary/aromatic N) is 1. The lowest BCUT2D eigenvalue weighted by Gasteiger charge is -2.22. The number of alkyl carbamates (subject to hydrolysis) is 1. The maximum absolute atomic E-state index is 11.2. The molecule has 1 aromatic rings. The molecule has 1 aromatic carbocycles. The molecule has 1 unspecified atom stereocenters. The zero-order chi connectivity index (χ0) is 13.8. The van der Waals surface area contributed by atoms with E-state index >= 15 is 0 Å². The van der Waals surface area contributed by atoms with Gasteiger partial charge in [0.2, 0.25) is 0 Å². The quantitative estimate of drug-likeness (QED) is 0.889. The Balaban J connectivity index is 2.09. The van der Waals surface area contributed by atoms with E-state index in [9.17, 15) is 4.79 Å². The van der Waals surface area contributed by atoms with Gasteiger partial charge >= 0.3 is 6.09 Å². The maximum Gasteiger partial charge on any atom is 0.407 e. The number of rotatable bonds is 3. The molecule has 3 N–H and O–H groups in total. The van der Waals surface area contributed by atoms with Gasteiger partial charge in [-0.3, -0.25) is 0 Å². The highest BCUT2D eigenvalue weighted by atomic mass is 79.9. The second kappa shape index (κ2) is 6.25. The predicted octanol–water partition coefficient (Wildman–Crippen LogP) is 1.84. The van der Waals surface area contributed by atoms with Crippen LogP contribution in [0.5, 0.6) is 0 Å². The number of hydrogen-bond donors (Lipinski definition) is 2. The van der Waals surface area contributed by atoms with Crippen molar-refractivity contribution in [2.45, 2.75) is 19.0 Å². The van der Waals surface area contributed by atoms with E-state index < -0.39 is 0 Å². The van der Waals surface area contributed by atoms with Crippen molar-refractivity contribution >= 4 is 27.7 Å². The fourth-order valence-corrected chi connectivity index (χ4v) is 2.89. The monoisotopic (exact) mass is 327 g/mol. The van der Waals surface area contributed by atoms with E-state index in [0.717, 1.165) is 35.2 Å². The molecule has 104 valence electrons. The number of nitrogens with two attached hydrogens (primary N) is 1. The number of hydrogen-bond acceptors (Lipinski definition) is 4. The average molecular weight is 328 g/mol. The standard InChI is InChI=1S/C13H18BrN3O2/c1-19-13(18)16-9-5-6-17(8-9)12-4-2-3-11(14)10(12)7-15/h2-4,9H,5-8,15H2,1H3,(H,16,18). The summed E-state index contributed by atoms with van der Waals surface area (Å²) in [6, 6.07) is 6.18. The Morgan fingerprint density at radius 1 is 1.63 bits per heavy atom. The Hall–Kier alpha value is -1.27. The smallest absolute Gasteiger partial charge is 0.407 e. The molecule has 0 bridgehead atoms. The predicted molar refractivity (Wildman–Crippen MR) is 78.2 cm³/mol. The van der Waals surface area contributed by atoms with Crippen molar-refractivity contribution in [2.24, 2.45) is 5.73 Å². The number of carbonyl (C=O) groups excluding carboxylic acids is 1. The van der Waals surface area contributed by atoms with Crippen LogP contribution in [0.2, 0.25) is 0 Å². The van der Waals surface area contributed by atoms with E-state index in [0.29, 0.717) is 6.54 Å². The minimum Gasteiger partial charge on any atom is -0.453 e. The minimum atomic E-state index is -0.375. The molecule has 0 radical (unpaired) electrons. The second-order valence-electron chi connectivity index (χ2n) is 4.51. The molecule has 0 spiro atoms. The molecular weight excluding hydrogens is 310 g/mol. The summed E-state index contributed by atoms with van der Waals surface area (Å²) in [5.41, 5.74) is 8.04. The van der Waals surface area contributed by atoms with Crippen LogP contribution < -0.4 is 16.0 Å². The number of halogens is 1. The molecule has 0 saturated carbocycles. The highest BCUT2D eigenvalue weighted by Gasteiger charge is 2.25. The Morgan fingerprint density at radius 2 is 2.42 bits per heavy atom. The molecule has 1 amide bonds. The van der Waals surface area contributed by atoms with Gasteiger partial charge < -0.3 is 20.7 Å². The number of ether oxygens (including phenoxy) is 1. The number of amides is 1. The zero-order valence-electron chi connectivity index (χ0n) is 10.9. The van der Waals surface area contributed by atoms with Crippen LogP contribution in [0.1, 0.15) is 12.0 Å². The Morgan fingerprint density at radius 3 is 3.11 bits per heavy atom. The number of carbonyl (C=O) groups is 1. The summed E-state index contributed by atoms with van der Waals surface area (Å²) in [7, 11) is 1.38. The third-order valence-electron chi connectivity index (χ3n) is 3.33. The van der Waals surface area contributed by atoms with E-state index in [-0.39, 0.29) is 12.1 Å². The Kier molecular flexibility index (Phi) is 4.66. The zero-order valence-corrected chi connectivity index (χ0v) is 12.4. The first-order chi connectivity index (χ1) is 9.15. The molecule has 0 aromatic heterocycles. The van der Waals surface area contributed by atoms with Crippen molar-refractivity contribution in [2.75, 3.05) is 25.1 Å². The molecule has 1 heterocycles. The summed E-state index contributed by atoms with van der Waals surface area (Å²) < 4.78 is 5.65. The van der Waals surface area contributed by atoms with Gasteiger partial charge in [0.25, 0.3) is 0 Å². The third-order valence-corrected chi connectivity index (χ3v) is 4.08. The van der Waals surface area contributed by atoms with Gasteiger partial charge in [0.15, 0.2) is 0 Å². The van der Waals surface area contributed by atoms with Gasteiger partial charge in [0, 0.05) is 35.4 Å². The van der Waals surface area contributed by atoms with Crippen molar-refractivity contribution in [1.29, 1.82) is 0 Å². The summed E-state index contributed by atoms with van der Waals surface area (Å²) >= 11 is 3.52. The number of anilines is 1. The van der Waals surface area contributed by atoms with Crippen molar-refractivity contribution in [3.63, 3.8) is 0 Å². The van der Waals surface area contributed by atoms with Crippen LogP contribution in [0.4, 0.5) is 10.5 Å². The first-order valence-corrected chi connectivity index (χ1v) is 7.02. The molecule has 1 aliphatic heterocycles. The average Bonchev–Trinajstić information content (AvgIpc) is 2.86. The van der Waals surface area contributed by atoms with E-state index in [1.54, 1.807) is 0 Å². The van der Waals surface area contributed by atoms with Gasteiger partial charge in [-0.2, -0.15) is 0 Å². The van der Waals surface area contributed by atoms with E-state index in [4.69, 9.17) is 5.73 Å². The molecule has 19 heavy (non-hydrogen) atoms. The summed E-state index contributed by atoms with van der Waals surface area (Å²) in [5.74, 6) is 0. The van der Waals surface area contributed by atoms with Gasteiger partial charge in [-0.25, -0.2) is 4.79 Å². The van der Waals surface area contributed by atoms with E-state index in [1.165, 1.54) is 7.11 Å². The van der Waals surface area contributed by atoms with Gasteiger partial charge in [-0.1, -0.05) is 22.0 Å². The fraction of sp³-hybridized carbons (Fsp3) is 0.462. The van der Waals surface area contributed by atoms with Gasteiger partial charge in [-0.05, 0) is 18.6 Å². The van der Waals surface area contributed by atoms with Gasteiger partial charge in [0.05, 0.1) is 13.2 Å². The van der Waals surface area contributed by atoms with Crippen LogP contribution in [0.3, 0.4) is 0 Å². The molecule has 2 rings (SSSR count). The second-order valence-corrected chi connectivity index (χ2v) is 5.36. The molecule has 1 aliphatic rings. The first kappa shape index (κ1) is 14.1. The molecule has 1 fully saturated rings. The largest absolute Gasteiger partial charge is 0.453 e. The lowest BCUT2D eigenvalue weighted by atomic mass is 10.1. The molecule has 0 aliphatic carbocycles. The topological polar surface area (TPSA) is 67.6 Å². The lowest BCUT2D eigenvalue weighted by molar-refractivity contribution is 0.167. The maximum atomic E-state index is 11.2.